The van der Waals surface area contributed by atoms with Crippen LogP contribution in [0.25, 0.3) is 10.9 Å². The summed E-state index contributed by atoms with van der Waals surface area (Å²) < 4.78 is 33.3. The van der Waals surface area contributed by atoms with Crippen molar-refractivity contribution in [3.63, 3.8) is 0 Å². The van der Waals surface area contributed by atoms with Gasteiger partial charge in [-0.15, -0.1) is 12.4 Å². The number of rotatable bonds is 3. The first kappa shape index (κ1) is 20.1. The number of benzene rings is 1. The van der Waals surface area contributed by atoms with Crippen molar-refractivity contribution >= 4 is 35.2 Å². The van der Waals surface area contributed by atoms with E-state index < -0.39 is 17.6 Å². The second-order valence-corrected chi connectivity index (χ2v) is 6.07. The third-order valence-electron chi connectivity index (χ3n) is 4.44. The van der Waals surface area contributed by atoms with E-state index in [0.29, 0.717) is 25.0 Å². The Hall–Kier alpha value is -2.19. The molecule has 1 saturated heterocycles. The van der Waals surface area contributed by atoms with Gasteiger partial charge in [-0.3, -0.25) is 9.59 Å². The lowest BCUT2D eigenvalue weighted by Crippen LogP contribution is -2.52. The molecule has 1 amide bonds. The molecule has 142 valence electrons. The van der Waals surface area contributed by atoms with Crippen molar-refractivity contribution in [3.05, 3.63) is 35.5 Å². The van der Waals surface area contributed by atoms with Crippen LogP contribution in [-0.2, 0) is 16.1 Å². The van der Waals surface area contributed by atoms with E-state index in [1.54, 1.807) is 4.90 Å². The lowest BCUT2D eigenvalue weighted by atomic mass is 10.2. The zero-order valence-corrected chi connectivity index (χ0v) is 15.2. The highest BCUT2D eigenvalue weighted by Crippen LogP contribution is 2.25. The molecule has 0 radical (unpaired) electrons. The predicted octanol–water partition coefficient (Wildman–Crippen LogP) is 1.95. The van der Waals surface area contributed by atoms with Gasteiger partial charge in [0.25, 0.3) is 5.91 Å². The number of nitrogens with zero attached hydrogens (tertiary/aromatic N) is 2. The molecule has 1 fully saturated rings. The van der Waals surface area contributed by atoms with Gasteiger partial charge in [0.05, 0.1) is 12.6 Å². The molecule has 6 nitrogen and oxygen atoms in total. The summed E-state index contributed by atoms with van der Waals surface area (Å²) in [5.41, 5.74) is 0.481. The highest BCUT2D eigenvalue weighted by Gasteiger charge is 2.28. The summed E-state index contributed by atoms with van der Waals surface area (Å²) in [4.78, 5) is 26.4. The van der Waals surface area contributed by atoms with Gasteiger partial charge in [-0.05, 0) is 19.1 Å². The summed E-state index contributed by atoms with van der Waals surface area (Å²) in [6.07, 6.45) is 0. The van der Waals surface area contributed by atoms with Crippen LogP contribution in [0.15, 0.2) is 18.2 Å². The molecule has 0 bridgehead atoms. The molecule has 2 heterocycles. The molecule has 1 aromatic carbocycles. The zero-order chi connectivity index (χ0) is 18.1. The third kappa shape index (κ3) is 3.66. The van der Waals surface area contributed by atoms with Gasteiger partial charge in [0, 0.05) is 37.1 Å². The Morgan fingerprint density at radius 1 is 1.27 bits per heavy atom. The minimum Gasteiger partial charge on any atom is -0.468 e. The largest absolute Gasteiger partial charge is 0.468 e. The highest BCUT2D eigenvalue weighted by atomic mass is 35.5. The summed E-state index contributed by atoms with van der Waals surface area (Å²) in [6.45, 7) is 3.49. The van der Waals surface area contributed by atoms with Gasteiger partial charge < -0.3 is 19.5 Å². The normalized spacial score (nSPS) is 17.1. The molecule has 9 heteroatoms. The van der Waals surface area contributed by atoms with Crippen LogP contribution in [0.2, 0.25) is 0 Å². The minimum atomic E-state index is -1.04. The Kier molecular flexibility index (Phi) is 6.20. The van der Waals surface area contributed by atoms with E-state index in [0.717, 1.165) is 12.1 Å². The summed E-state index contributed by atoms with van der Waals surface area (Å²) in [6, 6.07) is 3.47. The molecular formula is C17H20ClF2N3O3. The van der Waals surface area contributed by atoms with E-state index in [-0.39, 0.29) is 42.1 Å². The van der Waals surface area contributed by atoms with E-state index in [2.05, 4.69) is 10.1 Å². The maximum absolute atomic E-state index is 13.7. The molecule has 0 saturated carbocycles. The number of halogens is 3. The van der Waals surface area contributed by atoms with Gasteiger partial charge in [-0.1, -0.05) is 0 Å². The fourth-order valence-corrected chi connectivity index (χ4v) is 3.09. The SMILES string of the molecule is COC(=O)Cn1c(C(=O)N2CCNC[C@@H]2C)cc2cc(F)c(F)cc21.Cl. The number of fused-ring (bicyclic) bond motifs is 1. The molecule has 1 aliphatic heterocycles. The number of hydrogen-bond donors (Lipinski definition) is 1. The van der Waals surface area contributed by atoms with Crippen LogP contribution < -0.4 is 5.32 Å². The van der Waals surface area contributed by atoms with E-state index in [1.807, 2.05) is 6.92 Å². The van der Waals surface area contributed by atoms with E-state index in [1.165, 1.54) is 17.7 Å². The van der Waals surface area contributed by atoms with E-state index in [4.69, 9.17) is 0 Å². The standard InChI is InChI=1S/C17H19F2N3O3.ClH/c1-10-8-20-3-4-21(10)17(24)15-6-11-5-12(18)13(19)7-14(11)22(15)9-16(23)25-2;/h5-7,10,20H,3-4,8-9H2,1-2H3;1H/t10-;/m0./s1. The molecule has 0 aliphatic carbocycles. The van der Waals surface area contributed by atoms with Gasteiger partial charge >= 0.3 is 5.97 Å². The summed E-state index contributed by atoms with van der Waals surface area (Å²) in [5.74, 6) is -2.90. The number of piperazine rings is 1. The van der Waals surface area contributed by atoms with Gasteiger partial charge in [0.15, 0.2) is 11.6 Å². The highest BCUT2D eigenvalue weighted by molar-refractivity contribution is 5.99. The van der Waals surface area contributed by atoms with Crippen LogP contribution >= 0.6 is 12.4 Å². The third-order valence-corrected chi connectivity index (χ3v) is 4.44. The maximum atomic E-state index is 13.7. The monoisotopic (exact) mass is 387 g/mol. The van der Waals surface area contributed by atoms with Crippen molar-refractivity contribution in [3.8, 4) is 0 Å². The van der Waals surface area contributed by atoms with Gasteiger partial charge in [0.2, 0.25) is 0 Å². The molecule has 3 rings (SSSR count). The smallest absolute Gasteiger partial charge is 0.325 e. The number of carbonyl (C=O) groups is 2. The number of aromatic nitrogens is 1. The zero-order valence-electron chi connectivity index (χ0n) is 14.4. The van der Waals surface area contributed by atoms with Crippen molar-refractivity contribution in [2.45, 2.75) is 19.5 Å². The average Bonchev–Trinajstić information content (AvgIpc) is 2.92. The Balaban J connectivity index is 0.00000243. The number of amides is 1. The van der Waals surface area contributed by atoms with Crippen molar-refractivity contribution in [2.24, 2.45) is 0 Å². The van der Waals surface area contributed by atoms with Crippen molar-refractivity contribution in [1.82, 2.24) is 14.8 Å². The van der Waals surface area contributed by atoms with Gasteiger partial charge in [-0.2, -0.15) is 0 Å². The second kappa shape index (κ2) is 8.01. The number of esters is 1. The lowest BCUT2D eigenvalue weighted by Gasteiger charge is -2.34. The summed E-state index contributed by atoms with van der Waals surface area (Å²) in [5, 5.41) is 3.55. The predicted molar refractivity (Wildman–Crippen MR) is 94.5 cm³/mol. The Morgan fingerprint density at radius 2 is 1.96 bits per heavy atom. The molecule has 0 unspecified atom stereocenters. The molecule has 2 aromatic rings. The number of methoxy groups -OCH3 is 1. The first-order valence-corrected chi connectivity index (χ1v) is 7.99. The topological polar surface area (TPSA) is 63.6 Å². The number of hydrogen-bond acceptors (Lipinski definition) is 4. The van der Waals surface area contributed by atoms with Crippen LogP contribution in [0.5, 0.6) is 0 Å². The van der Waals surface area contributed by atoms with Crippen LogP contribution in [0.4, 0.5) is 8.78 Å². The summed E-state index contributed by atoms with van der Waals surface area (Å²) >= 11 is 0. The van der Waals surface area contributed by atoms with E-state index >= 15 is 0 Å². The Bertz CT molecular complexity index is 840. The molecule has 0 spiro atoms. The second-order valence-electron chi connectivity index (χ2n) is 6.07. The molecule has 1 atom stereocenters. The number of carbonyl (C=O) groups excluding carboxylic acids is 2. The Morgan fingerprint density at radius 3 is 2.62 bits per heavy atom. The van der Waals surface area contributed by atoms with E-state index in [9.17, 15) is 18.4 Å². The Labute approximate surface area is 155 Å². The number of ether oxygens (including phenoxy) is 1. The average molecular weight is 388 g/mol. The lowest BCUT2D eigenvalue weighted by molar-refractivity contribution is -0.141. The van der Waals surface area contributed by atoms with Crippen LogP contribution in [-0.4, -0.2) is 54.1 Å². The molecule has 1 N–H and O–H groups in total. The van der Waals surface area contributed by atoms with Crippen LogP contribution in [0.1, 0.15) is 17.4 Å². The van der Waals surface area contributed by atoms with Crippen molar-refractivity contribution in [1.29, 1.82) is 0 Å². The van der Waals surface area contributed by atoms with Crippen molar-refractivity contribution < 1.29 is 23.1 Å². The summed E-state index contributed by atoms with van der Waals surface area (Å²) in [7, 11) is 1.23. The molecule has 26 heavy (non-hydrogen) atoms. The molecule has 1 aromatic heterocycles. The first-order chi connectivity index (χ1) is 11.9. The van der Waals surface area contributed by atoms with Gasteiger partial charge in [0.1, 0.15) is 12.2 Å². The van der Waals surface area contributed by atoms with Crippen molar-refractivity contribution in [2.75, 3.05) is 26.7 Å². The molecule has 1 aliphatic rings. The van der Waals surface area contributed by atoms with Gasteiger partial charge in [-0.25, -0.2) is 8.78 Å². The van der Waals surface area contributed by atoms with Crippen LogP contribution in [0.3, 0.4) is 0 Å². The quantitative estimate of drug-likeness (QED) is 0.818. The van der Waals surface area contributed by atoms with Crippen LogP contribution in [0, 0.1) is 11.6 Å². The number of nitrogens with one attached hydrogen (secondary N) is 1. The fraction of sp³-hybridized carbons (Fsp3) is 0.412. The minimum absolute atomic E-state index is 0. The molecular weight excluding hydrogens is 368 g/mol. The first-order valence-electron chi connectivity index (χ1n) is 7.99. The maximum Gasteiger partial charge on any atom is 0.325 e. The fourth-order valence-electron chi connectivity index (χ4n) is 3.09.